The molecular weight excluding hydrogens is 737 g/mol. The summed E-state index contributed by atoms with van der Waals surface area (Å²) in [5, 5.41) is 0. The smallest absolute Gasteiger partial charge is 0.309 e. The summed E-state index contributed by atoms with van der Waals surface area (Å²) in [5.74, 6) is -0.752. The number of hydrogen-bond acceptors (Lipinski definition) is 4. The van der Waals surface area contributed by atoms with Gasteiger partial charge in [0, 0.05) is 0 Å². The summed E-state index contributed by atoms with van der Waals surface area (Å²) in [7, 11) is 0. The molecule has 0 saturated carbocycles. The molecule has 0 rings (SSSR count). The van der Waals surface area contributed by atoms with Crippen LogP contribution in [0.4, 0.5) is 0 Å². The van der Waals surface area contributed by atoms with Crippen LogP contribution in [0.25, 0.3) is 0 Å². The Morgan fingerprint density at radius 1 is 0.283 bits per heavy atom. The van der Waals surface area contributed by atoms with Gasteiger partial charge in [-0.15, -0.1) is 0 Å². The zero-order chi connectivity index (χ0) is 43.5. The van der Waals surface area contributed by atoms with Crippen molar-refractivity contribution in [1.29, 1.82) is 0 Å². The number of unbranched alkanes of at least 4 members (excludes halogenated alkanes) is 43. The first-order chi connectivity index (χ1) is 29.7. The molecule has 0 amide bonds. The van der Waals surface area contributed by atoms with Crippen LogP contribution in [-0.2, 0) is 19.1 Å². The Balaban J connectivity index is 4.17. The van der Waals surface area contributed by atoms with Crippen molar-refractivity contribution < 1.29 is 19.1 Å². The molecule has 0 bridgehead atoms. The van der Waals surface area contributed by atoms with Gasteiger partial charge in [-0.1, -0.05) is 303 Å². The molecule has 1 unspecified atom stereocenters. The molecule has 60 heavy (non-hydrogen) atoms. The molecule has 0 aliphatic rings. The van der Waals surface area contributed by atoms with E-state index >= 15 is 0 Å². The fraction of sp³-hybridized carbons (Fsp3) is 0.964. The molecule has 0 heterocycles. The highest BCUT2D eigenvalue weighted by molar-refractivity contribution is 5.79. The van der Waals surface area contributed by atoms with Gasteiger partial charge in [0.25, 0.3) is 0 Å². The van der Waals surface area contributed by atoms with E-state index in [4.69, 9.17) is 9.47 Å². The summed E-state index contributed by atoms with van der Waals surface area (Å²) in [6.07, 6.45) is 62.1. The zero-order valence-electron chi connectivity index (χ0n) is 41.6. The minimum absolute atomic E-state index is 0.176. The molecule has 0 spiro atoms. The van der Waals surface area contributed by atoms with E-state index < -0.39 is 0 Å². The summed E-state index contributed by atoms with van der Waals surface area (Å²) in [6, 6.07) is 0. The number of rotatable bonds is 52. The highest BCUT2D eigenvalue weighted by atomic mass is 16.5. The molecule has 1 atom stereocenters. The maximum atomic E-state index is 13.2. The van der Waals surface area contributed by atoms with Crippen LogP contribution in [-0.4, -0.2) is 25.2 Å². The molecule has 0 aromatic rings. The van der Waals surface area contributed by atoms with E-state index in [1.807, 2.05) is 0 Å². The van der Waals surface area contributed by atoms with Gasteiger partial charge in [0.15, 0.2) is 0 Å². The highest BCUT2D eigenvalue weighted by Crippen LogP contribution is 2.21. The summed E-state index contributed by atoms with van der Waals surface area (Å²) in [6.45, 7) is 7.84. The Morgan fingerprint density at radius 3 is 0.767 bits per heavy atom. The van der Waals surface area contributed by atoms with Crippen molar-refractivity contribution in [3.8, 4) is 0 Å². The Bertz CT molecular complexity index is 826. The van der Waals surface area contributed by atoms with Crippen LogP contribution in [0.3, 0.4) is 0 Å². The highest BCUT2D eigenvalue weighted by Gasteiger charge is 2.24. The Morgan fingerprint density at radius 2 is 0.500 bits per heavy atom. The first-order valence-electron chi connectivity index (χ1n) is 28.0. The fourth-order valence-corrected chi connectivity index (χ4v) is 8.93. The maximum Gasteiger partial charge on any atom is 0.309 e. The van der Waals surface area contributed by atoms with Gasteiger partial charge in [0.2, 0.25) is 0 Å². The third-order valence-electron chi connectivity index (χ3n) is 13.2. The van der Waals surface area contributed by atoms with Crippen LogP contribution in [0, 0.1) is 5.92 Å². The van der Waals surface area contributed by atoms with E-state index in [0.717, 1.165) is 44.9 Å². The van der Waals surface area contributed by atoms with Gasteiger partial charge in [-0.3, -0.25) is 9.59 Å². The van der Waals surface area contributed by atoms with E-state index in [0.29, 0.717) is 13.2 Å². The average molecular weight is 847 g/mol. The van der Waals surface area contributed by atoms with Crippen LogP contribution in [0.1, 0.15) is 329 Å². The molecule has 0 aromatic carbocycles. The van der Waals surface area contributed by atoms with Crippen LogP contribution in [0.2, 0.25) is 0 Å². The van der Waals surface area contributed by atoms with Crippen molar-refractivity contribution in [2.45, 2.75) is 329 Å². The van der Waals surface area contributed by atoms with Gasteiger partial charge in [-0.2, -0.15) is 0 Å². The number of carbonyl (C=O) groups is 2. The molecule has 0 radical (unpaired) electrons. The van der Waals surface area contributed by atoms with Crippen molar-refractivity contribution >= 4 is 11.9 Å². The van der Waals surface area contributed by atoms with Gasteiger partial charge in [0.05, 0.1) is 25.6 Å². The van der Waals surface area contributed by atoms with Crippen LogP contribution < -0.4 is 0 Å². The van der Waals surface area contributed by atoms with E-state index in [2.05, 4.69) is 20.8 Å². The summed E-state index contributed by atoms with van der Waals surface area (Å²) in [5.41, 5.74) is 0. The van der Waals surface area contributed by atoms with Crippen molar-refractivity contribution in [1.82, 2.24) is 0 Å². The molecule has 4 heteroatoms. The minimum Gasteiger partial charge on any atom is -0.466 e. The predicted molar refractivity (Wildman–Crippen MR) is 264 cm³/mol. The minimum atomic E-state index is -0.360. The van der Waals surface area contributed by atoms with Gasteiger partial charge in [0.1, 0.15) is 0 Å². The van der Waals surface area contributed by atoms with Gasteiger partial charge >= 0.3 is 11.9 Å². The second-order valence-corrected chi connectivity index (χ2v) is 19.3. The third kappa shape index (κ3) is 48.0. The summed E-state index contributed by atoms with van der Waals surface area (Å²) < 4.78 is 11.4. The van der Waals surface area contributed by atoms with Crippen LogP contribution in [0.15, 0.2) is 0 Å². The Labute approximate surface area is 377 Å². The number of esters is 2. The SMILES string of the molecule is CCCCCCCCCCCCCCCCCCOC(=O)CC(CCCCCCCCCCCCCCCC)C(=O)OCCCCCCCCCCCCCCCCCC. The first-order valence-corrected chi connectivity index (χ1v) is 28.0. The van der Waals surface area contributed by atoms with E-state index in [-0.39, 0.29) is 24.3 Å². The van der Waals surface area contributed by atoms with Crippen molar-refractivity contribution in [2.75, 3.05) is 13.2 Å². The molecule has 0 N–H and O–H groups in total. The monoisotopic (exact) mass is 847 g/mol. The van der Waals surface area contributed by atoms with Crippen molar-refractivity contribution in [3.05, 3.63) is 0 Å². The zero-order valence-corrected chi connectivity index (χ0v) is 41.6. The largest absolute Gasteiger partial charge is 0.466 e. The summed E-state index contributed by atoms with van der Waals surface area (Å²) in [4.78, 5) is 26.1. The van der Waals surface area contributed by atoms with Gasteiger partial charge < -0.3 is 9.47 Å². The third-order valence-corrected chi connectivity index (χ3v) is 13.2. The number of ether oxygens (including phenoxy) is 2. The normalized spacial score (nSPS) is 12.0. The van der Waals surface area contributed by atoms with Crippen molar-refractivity contribution in [2.24, 2.45) is 5.92 Å². The van der Waals surface area contributed by atoms with Gasteiger partial charge in [-0.05, 0) is 19.3 Å². The summed E-state index contributed by atoms with van der Waals surface area (Å²) >= 11 is 0. The van der Waals surface area contributed by atoms with E-state index in [1.54, 1.807) is 0 Å². The molecule has 0 fully saturated rings. The second-order valence-electron chi connectivity index (χ2n) is 19.3. The lowest BCUT2D eigenvalue weighted by molar-refractivity contribution is -0.155. The standard InChI is InChI=1S/C56H110O4/c1-4-7-10-13-16-19-22-25-28-30-33-36-39-42-45-48-51-59-55(57)53-54(50-47-44-41-38-35-32-27-24-21-18-15-12-9-6-3)56(58)60-52-49-46-43-40-37-34-31-29-26-23-20-17-14-11-8-5-2/h54H,4-53H2,1-3H3. The molecule has 0 saturated heterocycles. The first kappa shape index (κ1) is 58.9. The molecular formula is C56H110O4. The van der Waals surface area contributed by atoms with Crippen LogP contribution in [0.5, 0.6) is 0 Å². The lowest BCUT2D eigenvalue weighted by atomic mass is 9.97. The average Bonchev–Trinajstić information content (AvgIpc) is 3.25. The molecule has 358 valence electrons. The lowest BCUT2D eigenvalue weighted by Gasteiger charge is -2.16. The molecule has 4 nitrogen and oxygen atoms in total. The Kier molecular flexibility index (Phi) is 51.4. The number of hydrogen-bond donors (Lipinski definition) is 0. The Hall–Kier alpha value is -1.06. The molecule has 0 aliphatic carbocycles. The number of carbonyl (C=O) groups excluding carboxylic acids is 2. The topological polar surface area (TPSA) is 52.6 Å². The van der Waals surface area contributed by atoms with Gasteiger partial charge in [-0.25, -0.2) is 0 Å². The quantitative estimate of drug-likeness (QED) is 0.0452. The van der Waals surface area contributed by atoms with E-state index in [9.17, 15) is 9.59 Å². The maximum absolute atomic E-state index is 13.2. The van der Waals surface area contributed by atoms with E-state index in [1.165, 1.54) is 257 Å². The molecule has 0 aliphatic heterocycles. The molecule has 0 aromatic heterocycles. The predicted octanol–water partition coefficient (Wildman–Crippen LogP) is 19.5. The fourth-order valence-electron chi connectivity index (χ4n) is 8.93. The van der Waals surface area contributed by atoms with Crippen LogP contribution >= 0.6 is 0 Å². The second kappa shape index (κ2) is 52.3. The van der Waals surface area contributed by atoms with Crippen molar-refractivity contribution in [3.63, 3.8) is 0 Å². The lowest BCUT2D eigenvalue weighted by Crippen LogP contribution is -2.23.